The second-order valence-electron chi connectivity index (χ2n) is 0.991. The maximum absolute atomic E-state index is 9.50. The third-order valence-corrected chi connectivity index (χ3v) is 0.246. The van der Waals surface area contributed by atoms with Gasteiger partial charge in [0.05, 0.1) is 7.18 Å². The minimum absolute atomic E-state index is 0.500. The van der Waals surface area contributed by atoms with Crippen LogP contribution in [0.15, 0.2) is 12.2 Å². The maximum Gasteiger partial charge on any atom is 0.0785 e. The average Bonchev–Trinajstić information content (AvgIpc) is 1.97. The van der Waals surface area contributed by atoms with E-state index in [1.807, 2.05) is 13.8 Å². The van der Waals surface area contributed by atoms with Gasteiger partial charge >= 0.3 is 0 Å². The monoisotopic (exact) mass is 133 g/mol. The van der Waals surface area contributed by atoms with Crippen LogP contribution in [0.2, 0.25) is 0 Å². The van der Waals surface area contributed by atoms with E-state index in [1.165, 1.54) is 6.21 Å². The number of hydrogen-bond acceptors (Lipinski definition) is 1. The second kappa shape index (κ2) is 26.4. The lowest BCUT2D eigenvalue weighted by Crippen LogP contribution is -1.63. The fourth-order valence-corrected chi connectivity index (χ4v) is 0. The molecule has 56 valence electrons. The molecule has 0 rings (SSSR count). The van der Waals surface area contributed by atoms with Gasteiger partial charge in [-0.1, -0.05) is 20.4 Å². The third kappa shape index (κ3) is 117. The Morgan fingerprint density at radius 2 is 1.56 bits per heavy atom. The first-order chi connectivity index (χ1) is 4.27. The maximum atomic E-state index is 9.50. The lowest BCUT2D eigenvalue weighted by molar-refractivity contribution is 0.636. The zero-order valence-electron chi connectivity index (χ0n) is 6.66. The highest BCUT2D eigenvalue weighted by atomic mass is 19.1. The quantitative estimate of drug-likeness (QED) is 0.532. The molecule has 0 bridgehead atoms. The Kier molecular flexibility index (Phi) is 46.3. The molecule has 0 unspecified atom stereocenters. The van der Waals surface area contributed by atoms with Crippen molar-refractivity contribution in [1.82, 2.24) is 0 Å². The first-order valence-corrected chi connectivity index (χ1v) is 2.81. The fourth-order valence-electron chi connectivity index (χ4n) is 0. The predicted molar refractivity (Wildman–Crippen MR) is 42.0 cm³/mol. The highest BCUT2D eigenvalue weighted by molar-refractivity contribution is 5.73. The molecule has 0 atom stereocenters. The van der Waals surface area contributed by atoms with Crippen molar-refractivity contribution >= 4 is 6.21 Å². The topological polar surface area (TPSA) is 23.9 Å². The molecule has 0 aromatic heterocycles. The van der Waals surface area contributed by atoms with Gasteiger partial charge in [0.15, 0.2) is 0 Å². The van der Waals surface area contributed by atoms with Crippen LogP contribution in [0, 0.1) is 5.41 Å². The lowest BCUT2D eigenvalue weighted by atomic mass is 10.4. The molecule has 0 spiro atoms. The first-order valence-electron chi connectivity index (χ1n) is 2.81. The molecule has 0 aliphatic carbocycles. The van der Waals surface area contributed by atoms with E-state index in [1.54, 1.807) is 6.92 Å². The first kappa shape index (κ1) is 15.8. The molecule has 0 aromatic rings. The van der Waals surface area contributed by atoms with E-state index in [-0.39, 0.29) is 0 Å². The normalized spacial score (nSPS) is 5.00. The summed E-state index contributed by atoms with van der Waals surface area (Å²) >= 11 is 0. The summed E-state index contributed by atoms with van der Waals surface area (Å²) in [6.45, 7) is 9.22. The van der Waals surface area contributed by atoms with Crippen LogP contribution in [0.25, 0.3) is 0 Å². The Balaban J connectivity index is -0.0000000771. The van der Waals surface area contributed by atoms with E-state index in [2.05, 4.69) is 6.58 Å². The molecule has 9 heavy (non-hydrogen) atoms. The summed E-state index contributed by atoms with van der Waals surface area (Å²) < 4.78 is 9.50. The summed E-state index contributed by atoms with van der Waals surface area (Å²) in [6.07, 6.45) is 1.22. The van der Waals surface area contributed by atoms with Gasteiger partial charge in [-0.2, -0.15) is 0 Å². The zero-order valence-corrected chi connectivity index (χ0v) is 6.66. The molecule has 0 aliphatic heterocycles. The van der Waals surface area contributed by atoms with Crippen LogP contribution in [0.3, 0.4) is 0 Å². The van der Waals surface area contributed by atoms with Crippen LogP contribution in [0.5, 0.6) is 0 Å². The van der Waals surface area contributed by atoms with Crippen molar-refractivity contribution in [2.45, 2.75) is 20.8 Å². The largest absolute Gasteiger partial charge is 0.309 e. The van der Waals surface area contributed by atoms with Crippen molar-refractivity contribution in [3.63, 3.8) is 0 Å². The Bertz CT molecular complexity index is 59.9. The van der Waals surface area contributed by atoms with Gasteiger partial charge in [0, 0.05) is 6.21 Å². The van der Waals surface area contributed by atoms with E-state index in [4.69, 9.17) is 5.41 Å². The Morgan fingerprint density at radius 3 is 1.56 bits per heavy atom. The number of halogens is 1. The van der Waals surface area contributed by atoms with Gasteiger partial charge in [0.1, 0.15) is 0 Å². The van der Waals surface area contributed by atoms with E-state index >= 15 is 0 Å². The number of allylic oxidation sites excluding steroid dienone is 1. The van der Waals surface area contributed by atoms with E-state index in [0.717, 1.165) is 5.57 Å². The van der Waals surface area contributed by atoms with Gasteiger partial charge in [-0.3, -0.25) is 4.39 Å². The highest BCUT2D eigenvalue weighted by Gasteiger charge is 1.61. The molecule has 1 N–H and O–H groups in total. The van der Waals surface area contributed by atoms with Crippen molar-refractivity contribution in [2.75, 3.05) is 7.18 Å². The second-order valence-corrected chi connectivity index (χ2v) is 0.991. The molecule has 0 fully saturated rings. The van der Waals surface area contributed by atoms with Crippen LogP contribution in [0.4, 0.5) is 4.39 Å². The molecule has 0 radical (unpaired) electrons. The molecular weight excluding hydrogens is 117 g/mol. The van der Waals surface area contributed by atoms with E-state index in [9.17, 15) is 4.39 Å². The summed E-state index contributed by atoms with van der Waals surface area (Å²) in [5.74, 6) is 0. The number of hydrogen-bond donors (Lipinski definition) is 1. The molecule has 0 aromatic carbocycles. The molecule has 0 saturated heterocycles. The van der Waals surface area contributed by atoms with E-state index in [0.29, 0.717) is 7.18 Å². The lowest BCUT2D eigenvalue weighted by Gasteiger charge is -1.69. The van der Waals surface area contributed by atoms with Crippen LogP contribution >= 0.6 is 0 Å². The van der Waals surface area contributed by atoms with Crippen LogP contribution in [-0.2, 0) is 0 Å². The third-order valence-electron chi connectivity index (χ3n) is 0.246. The fraction of sp³-hybridized carbons (Fsp3) is 0.571. The molecule has 0 heterocycles. The number of alkyl halides is 1. The summed E-state index contributed by atoms with van der Waals surface area (Å²) in [4.78, 5) is 0. The molecule has 1 nitrogen and oxygen atoms in total. The van der Waals surface area contributed by atoms with Crippen molar-refractivity contribution in [2.24, 2.45) is 0 Å². The standard InChI is InChI=1S/C4H7N.C2H6.CH3F/c1-4(2)3-5;2*1-2/h3,5H,1H2,2H3;1-2H3;1H3. The Morgan fingerprint density at radius 1 is 1.44 bits per heavy atom. The SMILES string of the molecule is C=C(C)C=N.CC.CF. The van der Waals surface area contributed by atoms with Crippen molar-refractivity contribution in [1.29, 1.82) is 5.41 Å². The minimum atomic E-state index is 0.500. The molecule has 0 saturated carbocycles. The smallest absolute Gasteiger partial charge is 0.0785 e. The highest BCUT2D eigenvalue weighted by Crippen LogP contribution is 1.71. The van der Waals surface area contributed by atoms with Crippen LogP contribution in [-0.4, -0.2) is 13.4 Å². The zero-order chi connectivity index (χ0) is 8.28. The Labute approximate surface area is 57.1 Å². The van der Waals surface area contributed by atoms with Gasteiger partial charge in [0.2, 0.25) is 0 Å². The molecular formula is C7H16FN. The van der Waals surface area contributed by atoms with Crippen molar-refractivity contribution in [3.05, 3.63) is 12.2 Å². The summed E-state index contributed by atoms with van der Waals surface area (Å²) in [5, 5.41) is 6.43. The molecule has 2 heteroatoms. The van der Waals surface area contributed by atoms with Crippen molar-refractivity contribution in [3.8, 4) is 0 Å². The van der Waals surface area contributed by atoms with Gasteiger partial charge in [0.25, 0.3) is 0 Å². The van der Waals surface area contributed by atoms with Crippen molar-refractivity contribution < 1.29 is 4.39 Å². The summed E-state index contributed by atoms with van der Waals surface area (Å²) in [6, 6.07) is 0. The minimum Gasteiger partial charge on any atom is -0.309 e. The van der Waals surface area contributed by atoms with E-state index < -0.39 is 0 Å². The molecule has 0 aliphatic rings. The summed E-state index contributed by atoms with van der Waals surface area (Å²) in [7, 11) is 0.500. The van der Waals surface area contributed by atoms with Gasteiger partial charge in [-0.15, -0.1) is 0 Å². The Hall–Kier alpha value is -0.660. The van der Waals surface area contributed by atoms with Gasteiger partial charge in [-0.25, -0.2) is 0 Å². The average molecular weight is 133 g/mol. The molecule has 0 amide bonds. The number of nitrogens with one attached hydrogen (secondary N) is 1. The van der Waals surface area contributed by atoms with Crippen LogP contribution < -0.4 is 0 Å². The predicted octanol–water partition coefficient (Wildman–Crippen LogP) is 2.82. The number of rotatable bonds is 1. The van der Waals surface area contributed by atoms with Gasteiger partial charge < -0.3 is 5.41 Å². The summed E-state index contributed by atoms with van der Waals surface area (Å²) in [5.41, 5.74) is 0.796. The van der Waals surface area contributed by atoms with Crippen LogP contribution in [0.1, 0.15) is 20.8 Å². The van der Waals surface area contributed by atoms with Gasteiger partial charge in [-0.05, 0) is 12.5 Å².